The Labute approximate surface area is 190 Å². The Kier molecular flexibility index (Phi) is 4.54. The van der Waals surface area contributed by atoms with Crippen LogP contribution in [-0.2, 0) is 0 Å². The van der Waals surface area contributed by atoms with E-state index in [1.807, 2.05) is 109 Å². The van der Waals surface area contributed by atoms with Gasteiger partial charge in [0, 0.05) is 17.1 Å². The van der Waals surface area contributed by atoms with Gasteiger partial charge in [-0.3, -0.25) is 4.98 Å². The highest BCUT2D eigenvalue weighted by molar-refractivity contribution is 5.83. The van der Waals surface area contributed by atoms with Crippen LogP contribution in [0.2, 0.25) is 0 Å². The maximum atomic E-state index is 6.18. The minimum Gasteiger partial charge on any atom is -0.416 e. The van der Waals surface area contributed by atoms with Gasteiger partial charge >= 0.3 is 0 Å². The number of aryl methyl sites for hydroxylation is 1. The molecule has 0 radical (unpaired) electrons. The van der Waals surface area contributed by atoms with Crippen molar-refractivity contribution in [2.24, 2.45) is 0 Å². The highest BCUT2D eigenvalue weighted by Crippen LogP contribution is 2.34. The predicted octanol–water partition coefficient (Wildman–Crippen LogP) is 6.11. The van der Waals surface area contributed by atoms with Gasteiger partial charge < -0.3 is 4.42 Å². The van der Waals surface area contributed by atoms with Crippen molar-refractivity contribution in [3.8, 4) is 39.9 Å². The first-order chi connectivity index (χ1) is 16.3. The monoisotopic (exact) mass is 429 g/mol. The lowest BCUT2D eigenvalue weighted by molar-refractivity contribution is 0.584. The summed E-state index contributed by atoms with van der Waals surface area (Å²) in [7, 11) is 0. The van der Waals surface area contributed by atoms with Gasteiger partial charge in [-0.05, 0) is 31.2 Å². The van der Waals surface area contributed by atoms with E-state index in [9.17, 15) is 0 Å². The first kappa shape index (κ1) is 19.1. The summed E-state index contributed by atoms with van der Waals surface area (Å²) in [6.07, 6.45) is 1.93. The summed E-state index contributed by atoms with van der Waals surface area (Å²) in [4.78, 5) is 4.70. The van der Waals surface area contributed by atoms with Crippen LogP contribution >= 0.6 is 0 Å². The molecule has 6 rings (SSSR count). The molecule has 3 aromatic carbocycles. The minimum absolute atomic E-state index is 0.415. The van der Waals surface area contributed by atoms with Crippen LogP contribution in [0.15, 0.2) is 102 Å². The average Bonchev–Trinajstić information content (AvgIpc) is 3.52. The molecule has 0 N–H and O–H groups in total. The summed E-state index contributed by atoms with van der Waals surface area (Å²) < 4.78 is 8.02. The number of fused-ring (bicyclic) bond motifs is 1. The third kappa shape index (κ3) is 3.47. The van der Waals surface area contributed by atoms with E-state index in [1.165, 1.54) is 0 Å². The Morgan fingerprint density at radius 2 is 1.39 bits per heavy atom. The van der Waals surface area contributed by atoms with E-state index in [2.05, 4.69) is 10.2 Å². The molecule has 6 aromatic rings. The van der Waals surface area contributed by atoms with Crippen LogP contribution in [-0.4, -0.2) is 25.0 Å². The zero-order valence-corrected chi connectivity index (χ0v) is 17.9. The van der Waals surface area contributed by atoms with Crippen LogP contribution in [0.25, 0.3) is 50.8 Å². The van der Waals surface area contributed by atoms with Gasteiger partial charge in [0.15, 0.2) is 0 Å². The number of rotatable bonds is 4. The second-order valence-corrected chi connectivity index (χ2v) is 7.76. The maximum Gasteiger partial charge on any atom is 0.252 e. The number of para-hydroxylation sites is 2. The van der Waals surface area contributed by atoms with Gasteiger partial charge in [0.1, 0.15) is 5.69 Å². The third-order valence-electron chi connectivity index (χ3n) is 5.58. The van der Waals surface area contributed by atoms with Gasteiger partial charge in [-0.2, -0.15) is 5.10 Å². The van der Waals surface area contributed by atoms with Crippen molar-refractivity contribution in [3.63, 3.8) is 0 Å². The topological polar surface area (TPSA) is 69.6 Å². The van der Waals surface area contributed by atoms with E-state index < -0.39 is 0 Å². The molecule has 33 heavy (non-hydrogen) atoms. The number of hydrogen-bond acceptors (Lipinski definition) is 5. The molecule has 0 saturated heterocycles. The van der Waals surface area contributed by atoms with E-state index in [1.54, 1.807) is 0 Å². The van der Waals surface area contributed by atoms with Gasteiger partial charge in [-0.15, -0.1) is 10.2 Å². The van der Waals surface area contributed by atoms with Crippen LogP contribution in [0.1, 0.15) is 5.69 Å². The Bertz CT molecular complexity index is 1570. The molecule has 0 aliphatic carbocycles. The van der Waals surface area contributed by atoms with E-state index in [4.69, 9.17) is 14.5 Å². The zero-order chi connectivity index (χ0) is 22.2. The highest BCUT2D eigenvalue weighted by Gasteiger charge is 2.20. The normalized spacial score (nSPS) is 11.2. The van der Waals surface area contributed by atoms with E-state index in [-0.39, 0.29) is 0 Å². The fraction of sp³-hybridized carbons (Fsp3) is 0.0370. The quantitative estimate of drug-likeness (QED) is 0.338. The molecule has 0 fully saturated rings. The van der Waals surface area contributed by atoms with Crippen molar-refractivity contribution in [1.29, 1.82) is 0 Å². The summed E-state index contributed by atoms with van der Waals surface area (Å²) in [5.74, 6) is 0.853. The zero-order valence-electron chi connectivity index (χ0n) is 17.9. The predicted molar refractivity (Wildman–Crippen MR) is 128 cm³/mol. The van der Waals surface area contributed by atoms with Crippen molar-refractivity contribution in [2.75, 3.05) is 0 Å². The lowest BCUT2D eigenvalue weighted by Crippen LogP contribution is -1.93. The Hall–Kier alpha value is -4.58. The molecular weight excluding hydrogens is 410 g/mol. The molecule has 158 valence electrons. The van der Waals surface area contributed by atoms with Gasteiger partial charge in [0.05, 0.1) is 28.0 Å². The first-order valence-corrected chi connectivity index (χ1v) is 10.7. The molecule has 0 aliphatic rings. The minimum atomic E-state index is 0.415. The molecule has 0 atom stereocenters. The molecule has 0 saturated carbocycles. The summed E-state index contributed by atoms with van der Waals surface area (Å²) in [6, 6.07) is 30.0. The SMILES string of the molecule is Cc1nc2ccccc2cc1-c1nnc(-c2cn(-c3ccccc3)nc2-c2ccccc2)o1. The van der Waals surface area contributed by atoms with Crippen LogP contribution in [0.5, 0.6) is 0 Å². The third-order valence-corrected chi connectivity index (χ3v) is 5.58. The van der Waals surface area contributed by atoms with Crippen LogP contribution in [0.3, 0.4) is 0 Å². The lowest BCUT2D eigenvalue weighted by Gasteiger charge is -2.03. The summed E-state index contributed by atoms with van der Waals surface area (Å²) >= 11 is 0. The van der Waals surface area contributed by atoms with E-state index in [0.29, 0.717) is 11.8 Å². The fourth-order valence-electron chi connectivity index (χ4n) is 3.92. The van der Waals surface area contributed by atoms with Crippen LogP contribution < -0.4 is 0 Å². The lowest BCUT2D eigenvalue weighted by atomic mass is 10.1. The number of hydrogen-bond donors (Lipinski definition) is 0. The molecule has 6 heteroatoms. The number of aromatic nitrogens is 5. The molecule has 0 unspecified atom stereocenters. The van der Waals surface area contributed by atoms with Crippen molar-refractivity contribution < 1.29 is 4.42 Å². The van der Waals surface area contributed by atoms with Crippen LogP contribution in [0.4, 0.5) is 0 Å². The van der Waals surface area contributed by atoms with Gasteiger partial charge in [0.25, 0.3) is 5.89 Å². The summed E-state index contributed by atoms with van der Waals surface area (Å²) in [5.41, 5.74) is 6.09. The van der Waals surface area contributed by atoms with Gasteiger partial charge in [-0.25, -0.2) is 4.68 Å². The summed E-state index contributed by atoms with van der Waals surface area (Å²) in [5, 5.41) is 14.6. The van der Waals surface area contributed by atoms with E-state index in [0.717, 1.165) is 44.7 Å². The van der Waals surface area contributed by atoms with Crippen molar-refractivity contribution in [2.45, 2.75) is 6.92 Å². The Morgan fingerprint density at radius 1 is 0.727 bits per heavy atom. The maximum absolute atomic E-state index is 6.18. The standard InChI is InChI=1S/C27H19N5O/c1-18-22(16-20-12-8-9-15-24(20)28-18)26-29-30-27(33-26)23-17-32(21-13-6-3-7-14-21)31-25(23)19-10-4-2-5-11-19/h2-17H,1H3. The molecular formula is C27H19N5O. The van der Waals surface area contributed by atoms with Crippen molar-refractivity contribution in [1.82, 2.24) is 25.0 Å². The number of benzene rings is 3. The van der Waals surface area contributed by atoms with Gasteiger partial charge in [0.2, 0.25) is 5.89 Å². The molecule has 0 amide bonds. The smallest absolute Gasteiger partial charge is 0.252 e. The molecule has 3 heterocycles. The Morgan fingerprint density at radius 3 is 2.18 bits per heavy atom. The Balaban J connectivity index is 1.48. The first-order valence-electron chi connectivity index (χ1n) is 10.7. The van der Waals surface area contributed by atoms with Gasteiger partial charge in [-0.1, -0.05) is 66.7 Å². The fourth-order valence-corrected chi connectivity index (χ4v) is 3.92. The second kappa shape index (κ2) is 7.84. The summed E-state index contributed by atoms with van der Waals surface area (Å²) in [6.45, 7) is 1.95. The highest BCUT2D eigenvalue weighted by atomic mass is 16.4. The molecule has 0 aliphatic heterocycles. The average molecular weight is 429 g/mol. The van der Waals surface area contributed by atoms with Crippen LogP contribution in [0, 0.1) is 6.92 Å². The number of nitrogens with zero attached hydrogens (tertiary/aromatic N) is 5. The van der Waals surface area contributed by atoms with E-state index >= 15 is 0 Å². The number of pyridine rings is 1. The van der Waals surface area contributed by atoms with Crippen molar-refractivity contribution in [3.05, 3.63) is 103 Å². The molecule has 0 spiro atoms. The largest absolute Gasteiger partial charge is 0.416 e. The molecule has 3 aromatic heterocycles. The molecule has 6 nitrogen and oxygen atoms in total. The second-order valence-electron chi connectivity index (χ2n) is 7.76. The van der Waals surface area contributed by atoms with Crippen molar-refractivity contribution >= 4 is 10.9 Å². The molecule has 0 bridgehead atoms.